The number of likely N-dealkylation sites (N-methyl/N-ethyl adjacent to an activating group) is 1. The molecule has 1 saturated heterocycles. The molecule has 1 fully saturated rings. The first kappa shape index (κ1) is 26.2. The number of nitrogens with zero attached hydrogens (tertiary/aromatic N) is 6. The van der Waals surface area contributed by atoms with Crippen LogP contribution in [0, 0.1) is 5.92 Å². The number of pyridine rings is 1. The van der Waals surface area contributed by atoms with E-state index in [9.17, 15) is 14.4 Å². The van der Waals surface area contributed by atoms with Gasteiger partial charge in [-0.25, -0.2) is 14.8 Å². The van der Waals surface area contributed by atoms with E-state index in [2.05, 4.69) is 9.97 Å². The van der Waals surface area contributed by atoms with Crippen molar-refractivity contribution in [2.24, 2.45) is 13.0 Å². The number of β-lactam (4-membered cyclic amide) rings is 1. The smallest absolute Gasteiger partial charge is 0.327 e. The number of urea groups is 1. The van der Waals surface area contributed by atoms with Gasteiger partial charge in [-0.3, -0.25) is 19.4 Å². The second-order valence-corrected chi connectivity index (χ2v) is 9.60. The van der Waals surface area contributed by atoms with Gasteiger partial charge in [0, 0.05) is 44.8 Å². The van der Waals surface area contributed by atoms with Gasteiger partial charge < -0.3 is 15.2 Å². The number of imide groups is 1. The van der Waals surface area contributed by atoms with Crippen LogP contribution in [0.4, 0.5) is 16.6 Å². The Kier molecular flexibility index (Phi) is 7.49. The lowest BCUT2D eigenvalue weighted by Gasteiger charge is -2.47. The fraction of sp³-hybridized carbons (Fsp3) is 0.346. The van der Waals surface area contributed by atoms with E-state index < -0.39 is 29.8 Å². The Balaban J connectivity index is 1.65. The third kappa shape index (κ3) is 5.01. The number of amides is 4. The summed E-state index contributed by atoms with van der Waals surface area (Å²) in [4.78, 5) is 53.0. The summed E-state index contributed by atoms with van der Waals surface area (Å²) in [6.07, 6.45) is 5.69. The summed E-state index contributed by atoms with van der Waals surface area (Å²) in [7, 11) is 4.98. The SMILES string of the molecule is CCC(c1cccc(Cl)c1)N(C)C(=O)N1C(=O)[C@H](Cc2ccnc(N)c2)[C@H]1C(=O)N(C)c1nccn1C. The highest BCUT2D eigenvalue weighted by atomic mass is 35.5. The van der Waals surface area contributed by atoms with Crippen molar-refractivity contribution in [1.82, 2.24) is 24.3 Å². The maximum Gasteiger partial charge on any atom is 0.327 e. The first-order chi connectivity index (χ1) is 17.6. The zero-order chi connectivity index (χ0) is 26.9. The molecule has 3 aromatic rings. The molecule has 1 aromatic carbocycles. The third-order valence-electron chi connectivity index (χ3n) is 6.79. The molecule has 0 aliphatic carbocycles. The van der Waals surface area contributed by atoms with Crippen molar-refractivity contribution in [2.45, 2.75) is 31.8 Å². The van der Waals surface area contributed by atoms with Crippen molar-refractivity contribution < 1.29 is 14.4 Å². The molecule has 194 valence electrons. The van der Waals surface area contributed by atoms with Gasteiger partial charge in [-0.15, -0.1) is 0 Å². The molecule has 0 spiro atoms. The van der Waals surface area contributed by atoms with E-state index in [1.807, 2.05) is 19.1 Å². The fourth-order valence-corrected chi connectivity index (χ4v) is 5.05. The summed E-state index contributed by atoms with van der Waals surface area (Å²) in [6.45, 7) is 1.95. The number of nitrogens with two attached hydrogens (primary N) is 1. The minimum atomic E-state index is -1.00. The van der Waals surface area contributed by atoms with Crippen LogP contribution in [0.1, 0.15) is 30.5 Å². The number of carbonyl (C=O) groups excluding carboxylic acids is 3. The van der Waals surface area contributed by atoms with Crippen LogP contribution in [-0.4, -0.2) is 62.3 Å². The molecule has 1 aliphatic heterocycles. The predicted molar refractivity (Wildman–Crippen MR) is 141 cm³/mol. The Labute approximate surface area is 220 Å². The maximum atomic E-state index is 13.7. The van der Waals surface area contributed by atoms with Crippen molar-refractivity contribution >= 4 is 41.2 Å². The van der Waals surface area contributed by atoms with Crippen molar-refractivity contribution in [3.8, 4) is 0 Å². The second-order valence-electron chi connectivity index (χ2n) is 9.16. The monoisotopic (exact) mass is 523 g/mol. The van der Waals surface area contributed by atoms with Gasteiger partial charge in [0.2, 0.25) is 11.9 Å². The number of nitrogen functional groups attached to an aromatic ring is 1. The zero-order valence-corrected chi connectivity index (χ0v) is 22.0. The van der Waals surface area contributed by atoms with E-state index in [-0.39, 0.29) is 12.5 Å². The number of aromatic nitrogens is 3. The Morgan fingerprint density at radius 1 is 1.16 bits per heavy atom. The number of aryl methyl sites for hydroxylation is 1. The first-order valence-corrected chi connectivity index (χ1v) is 12.3. The van der Waals surface area contributed by atoms with Gasteiger partial charge >= 0.3 is 6.03 Å². The molecule has 1 unspecified atom stereocenters. The Bertz CT molecular complexity index is 1330. The van der Waals surface area contributed by atoms with Crippen molar-refractivity contribution in [3.05, 3.63) is 71.1 Å². The van der Waals surface area contributed by atoms with Crippen molar-refractivity contribution in [3.63, 3.8) is 0 Å². The van der Waals surface area contributed by atoms with Gasteiger partial charge in [0.25, 0.3) is 5.91 Å². The molecule has 0 saturated carbocycles. The molecule has 10 nitrogen and oxygen atoms in total. The highest BCUT2D eigenvalue weighted by molar-refractivity contribution is 6.30. The van der Waals surface area contributed by atoms with E-state index in [1.165, 1.54) is 9.80 Å². The largest absolute Gasteiger partial charge is 0.384 e. The molecule has 2 aromatic heterocycles. The Morgan fingerprint density at radius 3 is 2.54 bits per heavy atom. The van der Waals surface area contributed by atoms with Gasteiger partial charge in [0.05, 0.1) is 12.0 Å². The number of carbonyl (C=O) groups is 3. The van der Waals surface area contributed by atoms with Crippen LogP contribution < -0.4 is 10.6 Å². The molecule has 4 amide bonds. The molecule has 37 heavy (non-hydrogen) atoms. The number of rotatable bonds is 7. The summed E-state index contributed by atoms with van der Waals surface area (Å²) in [5.74, 6) is -0.835. The summed E-state index contributed by atoms with van der Waals surface area (Å²) in [5, 5.41) is 0.554. The molecule has 3 atom stereocenters. The van der Waals surface area contributed by atoms with E-state index in [4.69, 9.17) is 17.3 Å². The molecule has 3 heterocycles. The molecular formula is C26H30ClN7O3. The van der Waals surface area contributed by atoms with Crippen LogP contribution in [0.15, 0.2) is 55.0 Å². The van der Waals surface area contributed by atoms with Gasteiger partial charge in [0.15, 0.2) is 0 Å². The molecule has 1 aliphatic rings. The van der Waals surface area contributed by atoms with E-state index in [0.717, 1.165) is 16.0 Å². The average molecular weight is 524 g/mol. The van der Waals surface area contributed by atoms with Crippen molar-refractivity contribution in [2.75, 3.05) is 24.7 Å². The lowest BCUT2D eigenvalue weighted by Crippen LogP contribution is -2.70. The number of benzene rings is 1. The van der Waals surface area contributed by atoms with Gasteiger partial charge in [-0.1, -0.05) is 30.7 Å². The van der Waals surface area contributed by atoms with E-state index >= 15 is 0 Å². The maximum absolute atomic E-state index is 13.7. The van der Waals surface area contributed by atoms with E-state index in [0.29, 0.717) is 23.2 Å². The number of hydrogen-bond acceptors (Lipinski definition) is 6. The number of imidazole rings is 1. The highest BCUT2D eigenvalue weighted by Gasteiger charge is 2.56. The summed E-state index contributed by atoms with van der Waals surface area (Å²) < 4.78 is 1.70. The van der Waals surface area contributed by atoms with Gasteiger partial charge in [0.1, 0.15) is 11.9 Å². The molecular weight excluding hydrogens is 494 g/mol. The number of anilines is 2. The number of halogens is 1. The number of likely N-dealkylation sites (tertiary alicyclic amines) is 1. The normalized spacial score (nSPS) is 17.8. The van der Waals surface area contributed by atoms with E-state index in [1.54, 1.807) is 68.6 Å². The minimum absolute atomic E-state index is 0.245. The van der Waals surface area contributed by atoms with Crippen molar-refractivity contribution in [1.29, 1.82) is 0 Å². The standard InChI is InChI=1S/C26H30ClN7O3/c1-5-20(17-7-6-8-18(27)15-17)32(3)26(37)34-22(24(36)33(4)25-30-11-12-31(25)2)19(23(34)35)13-16-9-10-29-21(28)14-16/h6-12,14-15,19-20,22H,5,13H2,1-4H3,(H2,28,29)/t19-,20?,22+/m1/s1. The van der Waals surface area contributed by atoms with Crippen LogP contribution >= 0.6 is 11.6 Å². The van der Waals surface area contributed by atoms with Gasteiger partial charge in [-0.2, -0.15) is 0 Å². The quantitative estimate of drug-likeness (QED) is 0.475. The average Bonchev–Trinajstić information content (AvgIpc) is 3.30. The van der Waals surface area contributed by atoms with Crippen LogP contribution in [0.3, 0.4) is 0 Å². The summed E-state index contributed by atoms with van der Waals surface area (Å²) in [6, 6.07) is 8.79. The Morgan fingerprint density at radius 2 is 1.92 bits per heavy atom. The van der Waals surface area contributed by atoms with Crippen LogP contribution in [0.25, 0.3) is 0 Å². The Hall–Kier alpha value is -3.92. The highest BCUT2D eigenvalue weighted by Crippen LogP contribution is 2.35. The van der Waals surface area contributed by atoms with Gasteiger partial charge in [-0.05, 0) is 48.2 Å². The molecule has 4 rings (SSSR count). The topological polar surface area (TPSA) is 118 Å². The van der Waals surface area contributed by atoms with Crippen LogP contribution in [-0.2, 0) is 23.1 Å². The minimum Gasteiger partial charge on any atom is -0.384 e. The zero-order valence-electron chi connectivity index (χ0n) is 21.2. The lowest BCUT2D eigenvalue weighted by atomic mass is 9.81. The molecule has 11 heteroatoms. The fourth-order valence-electron chi connectivity index (χ4n) is 4.85. The predicted octanol–water partition coefficient (Wildman–Crippen LogP) is 3.29. The molecule has 0 bridgehead atoms. The summed E-state index contributed by atoms with van der Waals surface area (Å²) >= 11 is 6.18. The number of hydrogen-bond donors (Lipinski definition) is 1. The second kappa shape index (κ2) is 10.6. The summed E-state index contributed by atoms with van der Waals surface area (Å²) in [5.41, 5.74) is 7.42. The van der Waals surface area contributed by atoms with Crippen LogP contribution in [0.5, 0.6) is 0 Å². The third-order valence-corrected chi connectivity index (χ3v) is 7.02. The lowest BCUT2D eigenvalue weighted by molar-refractivity contribution is -0.157. The molecule has 2 N–H and O–H groups in total. The molecule has 0 radical (unpaired) electrons. The van der Waals surface area contributed by atoms with Crippen LogP contribution in [0.2, 0.25) is 5.02 Å². The first-order valence-electron chi connectivity index (χ1n) is 11.9.